The third kappa shape index (κ3) is 3.98. The zero-order valence-electron chi connectivity index (χ0n) is 11.1. The van der Waals surface area contributed by atoms with E-state index in [0.29, 0.717) is 5.02 Å². The van der Waals surface area contributed by atoms with Crippen LogP contribution in [0.3, 0.4) is 0 Å². The smallest absolute Gasteiger partial charge is 0.0849 e. The number of hydrogen-bond acceptors (Lipinski definition) is 1. The molecule has 0 aliphatic carbocycles. The molecule has 0 bridgehead atoms. The molecule has 1 atom stereocenters. The molecule has 0 saturated heterocycles. The summed E-state index contributed by atoms with van der Waals surface area (Å²) in [6, 6.07) is 14.0. The van der Waals surface area contributed by atoms with Gasteiger partial charge in [-0.2, -0.15) is 0 Å². The molecule has 2 aromatic rings. The predicted molar refractivity (Wildman–Crippen MR) is 88.9 cm³/mol. The second-order valence-electron chi connectivity index (χ2n) is 4.51. The molecular weight excluding hydrogens is 359 g/mol. The quantitative estimate of drug-likeness (QED) is 0.618. The van der Waals surface area contributed by atoms with Crippen molar-refractivity contribution in [3.8, 4) is 0 Å². The normalized spacial score (nSPS) is 12.4. The van der Waals surface area contributed by atoms with Crippen LogP contribution in [0.4, 0.5) is 0 Å². The number of ether oxygens (including phenoxy) is 1. The fourth-order valence-electron chi connectivity index (χ4n) is 1.96. The highest BCUT2D eigenvalue weighted by atomic mass is 79.9. The van der Waals surface area contributed by atoms with Crippen molar-refractivity contribution in [1.29, 1.82) is 0 Å². The topological polar surface area (TPSA) is 9.23 Å². The van der Waals surface area contributed by atoms with E-state index in [1.54, 1.807) is 7.11 Å². The Balaban J connectivity index is 2.18. The third-order valence-corrected chi connectivity index (χ3v) is 4.41. The molecule has 4 heteroatoms. The molecule has 0 fully saturated rings. The van der Waals surface area contributed by atoms with Crippen LogP contribution >= 0.6 is 39.1 Å². The molecular formula is C16H15BrCl2O. The van der Waals surface area contributed by atoms with Gasteiger partial charge in [-0.1, -0.05) is 57.9 Å². The molecule has 2 aromatic carbocycles. The van der Waals surface area contributed by atoms with Gasteiger partial charge in [-0.15, -0.1) is 11.6 Å². The highest BCUT2D eigenvalue weighted by molar-refractivity contribution is 9.10. The lowest BCUT2D eigenvalue weighted by Crippen LogP contribution is -1.97. The van der Waals surface area contributed by atoms with Crippen molar-refractivity contribution >= 4 is 39.1 Å². The Morgan fingerprint density at radius 3 is 2.45 bits per heavy atom. The van der Waals surface area contributed by atoms with Crippen molar-refractivity contribution in [2.24, 2.45) is 0 Å². The van der Waals surface area contributed by atoms with Gasteiger partial charge in [-0.25, -0.2) is 0 Å². The number of methoxy groups -OCH3 is 1. The van der Waals surface area contributed by atoms with Crippen molar-refractivity contribution in [1.82, 2.24) is 0 Å². The van der Waals surface area contributed by atoms with Gasteiger partial charge in [0.2, 0.25) is 0 Å². The fraction of sp³-hybridized carbons (Fsp3) is 0.250. The maximum Gasteiger partial charge on any atom is 0.0849 e. The maximum atomic E-state index is 6.52. The average molecular weight is 374 g/mol. The summed E-state index contributed by atoms with van der Waals surface area (Å²) in [6.45, 7) is 0.724. The molecule has 2 rings (SSSR count). The van der Waals surface area contributed by atoms with Crippen LogP contribution in [0, 0.1) is 0 Å². The van der Waals surface area contributed by atoms with Crippen molar-refractivity contribution in [3.05, 3.63) is 68.7 Å². The highest BCUT2D eigenvalue weighted by Gasteiger charge is 2.14. The summed E-state index contributed by atoms with van der Waals surface area (Å²) >= 11 is 16.2. The number of benzene rings is 2. The minimum Gasteiger partial charge on any atom is -0.384 e. The minimum atomic E-state index is -0.243. The van der Waals surface area contributed by atoms with Crippen LogP contribution < -0.4 is 0 Å². The van der Waals surface area contributed by atoms with Gasteiger partial charge in [0, 0.05) is 16.6 Å². The minimum absolute atomic E-state index is 0.243. The zero-order chi connectivity index (χ0) is 14.5. The largest absolute Gasteiger partial charge is 0.384 e. The molecule has 20 heavy (non-hydrogen) atoms. The Labute approximate surface area is 138 Å². The van der Waals surface area contributed by atoms with E-state index in [-0.39, 0.29) is 5.38 Å². The van der Waals surface area contributed by atoms with E-state index < -0.39 is 0 Å². The molecule has 1 nitrogen and oxygen atoms in total. The van der Waals surface area contributed by atoms with Crippen LogP contribution in [0.2, 0.25) is 5.02 Å². The average Bonchev–Trinajstić information content (AvgIpc) is 2.45. The summed E-state index contributed by atoms with van der Waals surface area (Å²) in [7, 11) is 1.71. The molecule has 106 valence electrons. The highest BCUT2D eigenvalue weighted by Crippen LogP contribution is 2.35. The van der Waals surface area contributed by atoms with Gasteiger partial charge in [0.05, 0.1) is 12.0 Å². The second-order valence-corrected chi connectivity index (χ2v) is 6.27. The van der Waals surface area contributed by atoms with Crippen LogP contribution in [0.15, 0.2) is 46.9 Å². The molecule has 0 heterocycles. The molecule has 0 saturated carbocycles. The first-order valence-corrected chi connectivity index (χ1v) is 7.89. The molecule has 0 aliphatic rings. The van der Waals surface area contributed by atoms with E-state index in [9.17, 15) is 0 Å². The Morgan fingerprint density at radius 2 is 1.85 bits per heavy atom. The lowest BCUT2D eigenvalue weighted by Gasteiger charge is -2.13. The van der Waals surface area contributed by atoms with Crippen LogP contribution in [0.5, 0.6) is 0 Å². The number of rotatable bonds is 5. The molecule has 0 aromatic heterocycles. The molecule has 0 spiro atoms. The van der Waals surface area contributed by atoms with E-state index in [1.807, 2.05) is 30.3 Å². The van der Waals surface area contributed by atoms with Crippen molar-refractivity contribution in [2.75, 3.05) is 13.7 Å². The molecule has 0 radical (unpaired) electrons. The van der Waals surface area contributed by atoms with Crippen molar-refractivity contribution < 1.29 is 4.74 Å². The van der Waals surface area contributed by atoms with E-state index in [0.717, 1.165) is 28.6 Å². The molecule has 0 amide bonds. The second kappa shape index (κ2) is 7.46. The first-order valence-electron chi connectivity index (χ1n) is 6.28. The summed E-state index contributed by atoms with van der Waals surface area (Å²) in [5, 5.41) is 0.426. The van der Waals surface area contributed by atoms with E-state index in [4.69, 9.17) is 27.9 Å². The van der Waals surface area contributed by atoms with E-state index >= 15 is 0 Å². The van der Waals surface area contributed by atoms with Gasteiger partial charge in [0.15, 0.2) is 0 Å². The van der Waals surface area contributed by atoms with Gasteiger partial charge < -0.3 is 4.74 Å². The standard InChI is InChI=1S/C16H15BrCl2O/c1-20-9-8-11-2-4-12(5-3-11)16(19)14-7-6-13(17)10-15(14)18/h2-7,10,16H,8-9H2,1H3. The van der Waals surface area contributed by atoms with E-state index in [1.165, 1.54) is 5.56 Å². The zero-order valence-corrected chi connectivity index (χ0v) is 14.2. The van der Waals surface area contributed by atoms with Gasteiger partial charge in [-0.05, 0) is 35.2 Å². The van der Waals surface area contributed by atoms with E-state index in [2.05, 4.69) is 28.1 Å². The van der Waals surface area contributed by atoms with Crippen LogP contribution in [0.25, 0.3) is 0 Å². The lowest BCUT2D eigenvalue weighted by molar-refractivity contribution is 0.202. The summed E-state index contributed by atoms with van der Waals surface area (Å²) in [6.07, 6.45) is 0.906. The molecule has 0 N–H and O–H groups in total. The Bertz CT molecular complexity index is 569. The number of halogens is 3. The van der Waals surface area contributed by atoms with Crippen LogP contribution in [-0.2, 0) is 11.2 Å². The van der Waals surface area contributed by atoms with Gasteiger partial charge in [0.1, 0.15) is 0 Å². The van der Waals surface area contributed by atoms with Crippen LogP contribution in [0.1, 0.15) is 22.1 Å². The summed E-state index contributed by atoms with van der Waals surface area (Å²) in [4.78, 5) is 0. The first-order chi connectivity index (χ1) is 9.61. The maximum absolute atomic E-state index is 6.52. The SMILES string of the molecule is COCCc1ccc(C(Cl)c2ccc(Br)cc2Cl)cc1. The Morgan fingerprint density at radius 1 is 1.15 bits per heavy atom. The lowest BCUT2D eigenvalue weighted by atomic mass is 10.0. The number of hydrogen-bond donors (Lipinski definition) is 0. The molecule has 0 aliphatic heterocycles. The monoisotopic (exact) mass is 372 g/mol. The Hall–Kier alpha value is -0.540. The third-order valence-electron chi connectivity index (χ3n) is 3.10. The summed E-state index contributed by atoms with van der Waals surface area (Å²) in [5.74, 6) is 0. The Kier molecular flexibility index (Phi) is 5.91. The van der Waals surface area contributed by atoms with Gasteiger partial charge in [-0.3, -0.25) is 0 Å². The first kappa shape index (κ1) is 15.8. The van der Waals surface area contributed by atoms with Crippen molar-refractivity contribution in [3.63, 3.8) is 0 Å². The fourth-order valence-corrected chi connectivity index (χ4v) is 3.13. The van der Waals surface area contributed by atoms with Gasteiger partial charge >= 0.3 is 0 Å². The summed E-state index contributed by atoms with van der Waals surface area (Å²) in [5.41, 5.74) is 3.19. The predicted octanol–water partition coefficient (Wildman–Crippen LogP) is 5.62. The van der Waals surface area contributed by atoms with Crippen molar-refractivity contribution in [2.45, 2.75) is 11.8 Å². The number of alkyl halides is 1. The van der Waals surface area contributed by atoms with Crippen LogP contribution in [-0.4, -0.2) is 13.7 Å². The summed E-state index contributed by atoms with van der Waals surface area (Å²) < 4.78 is 6.02. The molecule has 1 unspecified atom stereocenters. The van der Waals surface area contributed by atoms with Gasteiger partial charge in [0.25, 0.3) is 0 Å².